The van der Waals surface area contributed by atoms with Crippen LogP contribution in [0.25, 0.3) is 17.4 Å². The minimum Gasteiger partial charge on any atom is -0.497 e. The average molecular weight is 268 g/mol. The molecule has 0 unspecified atom stereocenters. The maximum Gasteiger partial charge on any atom is 0.259 e. The maximum absolute atomic E-state index is 11.0. The van der Waals surface area contributed by atoms with E-state index >= 15 is 0 Å². The number of ether oxygens (including phenoxy) is 1. The topological polar surface area (TPSA) is 89.2 Å². The van der Waals surface area contributed by atoms with Gasteiger partial charge in [0.2, 0.25) is 0 Å². The summed E-state index contributed by atoms with van der Waals surface area (Å²) in [5, 5.41) is 8.76. The van der Waals surface area contributed by atoms with Crippen molar-refractivity contribution in [3.8, 4) is 23.1 Å². The quantitative estimate of drug-likeness (QED) is 0.680. The van der Waals surface area contributed by atoms with E-state index in [1.807, 2.05) is 24.3 Å². The first-order chi connectivity index (χ1) is 9.63. The SMILES string of the molecule is COc1ccc(-c2ccc(C=C(C#N)C(N)=O)o2)cc1. The summed E-state index contributed by atoms with van der Waals surface area (Å²) in [4.78, 5) is 11.0. The Labute approximate surface area is 115 Å². The summed E-state index contributed by atoms with van der Waals surface area (Å²) >= 11 is 0. The van der Waals surface area contributed by atoms with Crippen molar-refractivity contribution in [1.82, 2.24) is 0 Å². The fourth-order valence-corrected chi connectivity index (χ4v) is 1.64. The van der Waals surface area contributed by atoms with Crippen LogP contribution < -0.4 is 10.5 Å². The molecule has 0 bridgehead atoms. The summed E-state index contributed by atoms with van der Waals surface area (Å²) in [5.41, 5.74) is 5.77. The zero-order valence-electron chi connectivity index (χ0n) is 10.8. The molecule has 0 fully saturated rings. The van der Waals surface area contributed by atoms with Gasteiger partial charge in [0.1, 0.15) is 28.9 Å². The highest BCUT2D eigenvalue weighted by atomic mass is 16.5. The van der Waals surface area contributed by atoms with Gasteiger partial charge in [0.25, 0.3) is 5.91 Å². The number of primary amides is 1. The van der Waals surface area contributed by atoms with Crippen LogP contribution in [0.3, 0.4) is 0 Å². The third-order valence-corrected chi connectivity index (χ3v) is 2.67. The average Bonchev–Trinajstić information content (AvgIpc) is 2.93. The lowest BCUT2D eigenvalue weighted by molar-refractivity contribution is -0.114. The Bertz CT molecular complexity index is 691. The van der Waals surface area contributed by atoms with Crippen molar-refractivity contribution in [1.29, 1.82) is 5.26 Å². The normalized spacial score (nSPS) is 10.9. The molecule has 5 heteroatoms. The van der Waals surface area contributed by atoms with E-state index in [-0.39, 0.29) is 5.57 Å². The highest BCUT2D eigenvalue weighted by molar-refractivity contribution is 6.00. The first-order valence-corrected chi connectivity index (χ1v) is 5.80. The van der Waals surface area contributed by atoms with E-state index < -0.39 is 5.91 Å². The second-order valence-corrected chi connectivity index (χ2v) is 3.96. The molecule has 0 aliphatic carbocycles. The van der Waals surface area contributed by atoms with Gasteiger partial charge in [0, 0.05) is 11.6 Å². The van der Waals surface area contributed by atoms with Crippen molar-refractivity contribution >= 4 is 12.0 Å². The van der Waals surface area contributed by atoms with Gasteiger partial charge < -0.3 is 14.9 Å². The molecule has 100 valence electrons. The molecule has 2 aromatic rings. The molecule has 0 aliphatic rings. The van der Waals surface area contributed by atoms with Gasteiger partial charge in [0.15, 0.2) is 0 Å². The molecule has 0 saturated carbocycles. The van der Waals surface area contributed by atoms with Crippen LogP contribution in [0.5, 0.6) is 5.75 Å². The summed E-state index contributed by atoms with van der Waals surface area (Å²) in [6.07, 6.45) is 1.31. The van der Waals surface area contributed by atoms with E-state index in [4.69, 9.17) is 20.1 Å². The van der Waals surface area contributed by atoms with Crippen LogP contribution >= 0.6 is 0 Å². The number of nitrogens with zero attached hydrogens (tertiary/aromatic N) is 1. The van der Waals surface area contributed by atoms with Crippen LogP contribution in [0, 0.1) is 11.3 Å². The van der Waals surface area contributed by atoms with E-state index in [0.717, 1.165) is 11.3 Å². The molecule has 1 aromatic heterocycles. The number of nitrogens with two attached hydrogens (primary N) is 1. The number of nitriles is 1. The van der Waals surface area contributed by atoms with Crippen LogP contribution in [-0.2, 0) is 4.79 Å². The van der Waals surface area contributed by atoms with Crippen molar-refractivity contribution in [2.75, 3.05) is 7.11 Å². The third-order valence-electron chi connectivity index (χ3n) is 2.67. The lowest BCUT2D eigenvalue weighted by atomic mass is 10.2. The predicted octanol–water partition coefficient (Wildman–Crippen LogP) is 2.35. The number of carbonyl (C=O) groups excluding carboxylic acids is 1. The van der Waals surface area contributed by atoms with E-state index in [9.17, 15) is 4.79 Å². The van der Waals surface area contributed by atoms with Gasteiger partial charge in [-0.05, 0) is 36.4 Å². The van der Waals surface area contributed by atoms with Crippen molar-refractivity contribution in [2.45, 2.75) is 0 Å². The number of amides is 1. The monoisotopic (exact) mass is 268 g/mol. The van der Waals surface area contributed by atoms with Crippen LogP contribution in [0.2, 0.25) is 0 Å². The van der Waals surface area contributed by atoms with Crippen LogP contribution in [0.15, 0.2) is 46.4 Å². The molecule has 2 rings (SSSR count). The molecular weight excluding hydrogens is 256 g/mol. The van der Waals surface area contributed by atoms with Gasteiger partial charge >= 0.3 is 0 Å². The molecule has 1 heterocycles. The molecule has 0 saturated heterocycles. The van der Waals surface area contributed by atoms with E-state index in [1.165, 1.54) is 6.08 Å². The van der Waals surface area contributed by atoms with Crippen molar-refractivity contribution in [3.63, 3.8) is 0 Å². The van der Waals surface area contributed by atoms with Crippen molar-refractivity contribution in [2.24, 2.45) is 5.73 Å². The predicted molar refractivity (Wildman–Crippen MR) is 73.5 cm³/mol. The molecular formula is C15H12N2O3. The Hall–Kier alpha value is -3.00. The standard InChI is InChI=1S/C15H12N2O3/c1-19-12-4-2-10(3-5-12)14-7-6-13(20-14)8-11(9-16)15(17)18/h2-8H,1H3,(H2,17,18). The number of rotatable bonds is 4. The van der Waals surface area contributed by atoms with Crippen LogP contribution in [-0.4, -0.2) is 13.0 Å². The number of carbonyl (C=O) groups is 1. The Morgan fingerprint density at radius 3 is 2.55 bits per heavy atom. The number of hydrogen-bond acceptors (Lipinski definition) is 4. The number of hydrogen-bond donors (Lipinski definition) is 1. The molecule has 0 aliphatic heterocycles. The Balaban J connectivity index is 2.29. The van der Waals surface area contributed by atoms with Gasteiger partial charge in [-0.15, -0.1) is 0 Å². The minimum absolute atomic E-state index is 0.152. The zero-order valence-corrected chi connectivity index (χ0v) is 10.8. The van der Waals surface area contributed by atoms with Gasteiger partial charge in [-0.2, -0.15) is 5.26 Å². The largest absolute Gasteiger partial charge is 0.497 e. The molecule has 1 amide bonds. The van der Waals surface area contributed by atoms with Crippen molar-refractivity contribution < 1.29 is 13.9 Å². The van der Waals surface area contributed by atoms with Crippen LogP contribution in [0.1, 0.15) is 5.76 Å². The zero-order chi connectivity index (χ0) is 14.5. The van der Waals surface area contributed by atoms with E-state index in [2.05, 4.69) is 0 Å². The highest BCUT2D eigenvalue weighted by Crippen LogP contribution is 2.25. The fourth-order valence-electron chi connectivity index (χ4n) is 1.64. The van der Waals surface area contributed by atoms with Gasteiger partial charge in [-0.25, -0.2) is 0 Å². The number of methoxy groups -OCH3 is 1. The molecule has 0 spiro atoms. The first-order valence-electron chi connectivity index (χ1n) is 5.80. The van der Waals surface area contributed by atoms with Gasteiger partial charge in [-0.1, -0.05) is 0 Å². The number of furan rings is 1. The first kappa shape index (κ1) is 13.4. The molecule has 0 radical (unpaired) electrons. The number of benzene rings is 1. The maximum atomic E-state index is 11.0. The Morgan fingerprint density at radius 2 is 2.00 bits per heavy atom. The van der Waals surface area contributed by atoms with Gasteiger partial charge in [0.05, 0.1) is 7.11 Å². The summed E-state index contributed by atoms with van der Waals surface area (Å²) in [6, 6.07) is 12.5. The summed E-state index contributed by atoms with van der Waals surface area (Å²) in [6.45, 7) is 0. The third kappa shape index (κ3) is 2.87. The lowest BCUT2D eigenvalue weighted by Crippen LogP contribution is -2.12. The highest BCUT2D eigenvalue weighted by Gasteiger charge is 2.07. The second kappa shape index (κ2) is 5.76. The van der Waals surface area contributed by atoms with Crippen LogP contribution in [0.4, 0.5) is 0 Å². The molecule has 20 heavy (non-hydrogen) atoms. The van der Waals surface area contributed by atoms with E-state index in [0.29, 0.717) is 11.5 Å². The summed E-state index contributed by atoms with van der Waals surface area (Å²) in [5.74, 6) is 0.989. The van der Waals surface area contributed by atoms with Crippen molar-refractivity contribution in [3.05, 3.63) is 47.7 Å². The lowest BCUT2D eigenvalue weighted by Gasteiger charge is -2.00. The molecule has 1 aromatic carbocycles. The second-order valence-electron chi connectivity index (χ2n) is 3.96. The summed E-state index contributed by atoms with van der Waals surface area (Å²) in [7, 11) is 1.60. The minimum atomic E-state index is -0.783. The Kier molecular flexibility index (Phi) is 3.87. The van der Waals surface area contributed by atoms with E-state index in [1.54, 1.807) is 25.3 Å². The molecule has 2 N–H and O–H groups in total. The van der Waals surface area contributed by atoms with Gasteiger partial charge in [-0.3, -0.25) is 4.79 Å². The Morgan fingerprint density at radius 1 is 1.30 bits per heavy atom. The summed E-state index contributed by atoms with van der Waals surface area (Å²) < 4.78 is 10.6. The fraction of sp³-hybridized carbons (Fsp3) is 0.0667. The molecule has 5 nitrogen and oxygen atoms in total. The smallest absolute Gasteiger partial charge is 0.259 e. The molecule has 0 atom stereocenters.